The van der Waals surface area contributed by atoms with E-state index < -0.39 is 6.04 Å². The van der Waals surface area contributed by atoms with Crippen molar-refractivity contribution in [2.75, 3.05) is 6.61 Å². The van der Waals surface area contributed by atoms with Crippen molar-refractivity contribution in [3.63, 3.8) is 0 Å². The summed E-state index contributed by atoms with van der Waals surface area (Å²) in [5.41, 5.74) is 5.74. The second-order valence-electron chi connectivity index (χ2n) is 3.83. The van der Waals surface area contributed by atoms with Gasteiger partial charge in [-0.3, -0.25) is 4.79 Å². The third-order valence-electron chi connectivity index (χ3n) is 2.51. The van der Waals surface area contributed by atoms with Crippen LogP contribution < -0.4 is 11.1 Å². The summed E-state index contributed by atoms with van der Waals surface area (Å²) in [4.78, 5) is 11.5. The number of hydrogen-bond acceptors (Lipinski definition) is 3. The van der Waals surface area contributed by atoms with Crippen molar-refractivity contribution in [1.29, 1.82) is 0 Å². The molecule has 92 valence electrons. The van der Waals surface area contributed by atoms with Crippen molar-refractivity contribution in [3.8, 4) is 0 Å². The van der Waals surface area contributed by atoms with Crippen LogP contribution in [0.3, 0.4) is 0 Å². The van der Waals surface area contributed by atoms with Gasteiger partial charge in [0.2, 0.25) is 5.91 Å². The molecule has 4 N–H and O–H groups in total. The maximum Gasteiger partial charge on any atom is 0.237 e. The van der Waals surface area contributed by atoms with E-state index in [1.165, 1.54) is 0 Å². The summed E-state index contributed by atoms with van der Waals surface area (Å²) in [5, 5.41) is 11.4. The molecule has 0 aliphatic heterocycles. The van der Waals surface area contributed by atoms with Crippen molar-refractivity contribution in [2.24, 2.45) is 11.7 Å². The van der Waals surface area contributed by atoms with Crippen LogP contribution in [0.15, 0.2) is 0 Å². The molecule has 0 aromatic carbocycles. The van der Waals surface area contributed by atoms with Gasteiger partial charge in [0.25, 0.3) is 0 Å². The number of carbonyl (C=O) groups excluding carboxylic acids is 1. The fraction of sp³-hybridized carbons (Fsp3) is 0.900. The van der Waals surface area contributed by atoms with Crippen LogP contribution in [0.2, 0.25) is 0 Å². The van der Waals surface area contributed by atoms with Crippen molar-refractivity contribution in [3.05, 3.63) is 0 Å². The minimum absolute atomic E-state index is 0. The van der Waals surface area contributed by atoms with Crippen molar-refractivity contribution < 1.29 is 9.90 Å². The van der Waals surface area contributed by atoms with E-state index in [-0.39, 0.29) is 36.9 Å². The van der Waals surface area contributed by atoms with Gasteiger partial charge in [0.05, 0.1) is 6.04 Å². The lowest BCUT2D eigenvalue weighted by atomic mass is 9.99. The highest BCUT2D eigenvalue weighted by atomic mass is 35.5. The molecule has 0 rings (SSSR count). The van der Waals surface area contributed by atoms with Gasteiger partial charge >= 0.3 is 0 Å². The fourth-order valence-electron chi connectivity index (χ4n) is 1.12. The lowest BCUT2D eigenvalue weighted by Gasteiger charge is -2.20. The maximum atomic E-state index is 11.5. The number of halogens is 1. The predicted molar refractivity (Wildman–Crippen MR) is 64.0 cm³/mol. The van der Waals surface area contributed by atoms with Gasteiger partial charge in [0.1, 0.15) is 0 Å². The summed E-state index contributed by atoms with van der Waals surface area (Å²) in [6, 6.07) is -0.455. The zero-order valence-electron chi connectivity index (χ0n) is 9.69. The molecule has 0 heterocycles. The number of nitrogens with one attached hydrogen (secondary N) is 1. The Hall–Kier alpha value is -0.320. The Labute approximate surface area is 98.0 Å². The van der Waals surface area contributed by atoms with Gasteiger partial charge in [-0.1, -0.05) is 20.3 Å². The number of aliphatic hydroxyl groups is 1. The third kappa shape index (κ3) is 6.71. The molecule has 0 fully saturated rings. The molecule has 1 amide bonds. The van der Waals surface area contributed by atoms with Crippen molar-refractivity contribution in [2.45, 2.75) is 45.7 Å². The Morgan fingerprint density at radius 2 is 2.00 bits per heavy atom. The first kappa shape index (κ1) is 17.1. The summed E-state index contributed by atoms with van der Waals surface area (Å²) >= 11 is 0. The Morgan fingerprint density at radius 3 is 2.40 bits per heavy atom. The Morgan fingerprint density at radius 1 is 1.47 bits per heavy atom. The molecule has 0 saturated heterocycles. The normalized spacial score (nSPS) is 16.1. The smallest absolute Gasteiger partial charge is 0.237 e. The zero-order chi connectivity index (χ0) is 11.1. The van der Waals surface area contributed by atoms with Crippen LogP contribution in [0.25, 0.3) is 0 Å². The molecule has 0 aromatic heterocycles. The lowest BCUT2D eigenvalue weighted by Crippen LogP contribution is -2.47. The predicted octanol–water partition coefficient (Wildman–Crippen LogP) is 0.669. The summed E-state index contributed by atoms with van der Waals surface area (Å²) in [6.07, 6.45) is 1.46. The second kappa shape index (κ2) is 8.95. The lowest BCUT2D eigenvalue weighted by molar-refractivity contribution is -0.124. The van der Waals surface area contributed by atoms with Crippen LogP contribution in [0.4, 0.5) is 0 Å². The van der Waals surface area contributed by atoms with Crippen LogP contribution in [-0.4, -0.2) is 29.7 Å². The topological polar surface area (TPSA) is 75.4 Å². The highest BCUT2D eigenvalue weighted by Gasteiger charge is 2.20. The first-order valence-electron chi connectivity index (χ1n) is 5.19. The monoisotopic (exact) mass is 238 g/mol. The van der Waals surface area contributed by atoms with E-state index in [0.29, 0.717) is 6.42 Å². The van der Waals surface area contributed by atoms with Gasteiger partial charge < -0.3 is 16.2 Å². The van der Waals surface area contributed by atoms with Crippen LogP contribution in [0, 0.1) is 5.92 Å². The van der Waals surface area contributed by atoms with Crippen LogP contribution in [0.5, 0.6) is 0 Å². The number of hydrogen-bond donors (Lipinski definition) is 3. The number of amides is 1. The maximum absolute atomic E-state index is 11.5. The van der Waals surface area contributed by atoms with Crippen LogP contribution >= 0.6 is 12.4 Å². The van der Waals surface area contributed by atoms with E-state index in [1.54, 1.807) is 0 Å². The minimum Gasteiger partial charge on any atom is -0.396 e. The van der Waals surface area contributed by atoms with E-state index in [2.05, 4.69) is 5.32 Å². The van der Waals surface area contributed by atoms with Crippen LogP contribution in [0.1, 0.15) is 33.6 Å². The average Bonchev–Trinajstić information content (AvgIpc) is 2.15. The molecule has 0 aliphatic carbocycles. The van der Waals surface area contributed by atoms with E-state index in [0.717, 1.165) is 6.42 Å². The highest BCUT2D eigenvalue weighted by molar-refractivity contribution is 5.85. The molecule has 3 unspecified atom stereocenters. The molecular formula is C10H23ClN2O2. The standard InChI is InChI=1S/C10H22N2O2.ClH/c1-4-7(2)9(11)10(14)12-8(3)5-6-13;/h7-9,13H,4-6,11H2,1-3H3,(H,12,14);1H. The molecule has 0 saturated carbocycles. The largest absolute Gasteiger partial charge is 0.396 e. The molecule has 5 heteroatoms. The molecule has 0 radical (unpaired) electrons. The molecule has 0 bridgehead atoms. The van der Waals surface area contributed by atoms with Crippen molar-refractivity contribution in [1.82, 2.24) is 5.32 Å². The summed E-state index contributed by atoms with van der Waals surface area (Å²) in [6.45, 7) is 5.91. The second-order valence-corrected chi connectivity index (χ2v) is 3.83. The summed E-state index contributed by atoms with van der Waals surface area (Å²) < 4.78 is 0. The molecule has 0 spiro atoms. The molecule has 3 atom stereocenters. The number of nitrogens with two attached hydrogens (primary N) is 1. The first-order chi connectivity index (χ1) is 6.52. The first-order valence-corrected chi connectivity index (χ1v) is 5.19. The zero-order valence-corrected chi connectivity index (χ0v) is 10.5. The summed E-state index contributed by atoms with van der Waals surface area (Å²) in [5.74, 6) is 0.0663. The molecule has 0 aromatic rings. The Bertz CT molecular complexity index is 179. The quantitative estimate of drug-likeness (QED) is 0.637. The van der Waals surface area contributed by atoms with Gasteiger partial charge in [-0.2, -0.15) is 0 Å². The van der Waals surface area contributed by atoms with Gasteiger partial charge in [-0.15, -0.1) is 12.4 Å². The fourth-order valence-corrected chi connectivity index (χ4v) is 1.12. The average molecular weight is 239 g/mol. The third-order valence-corrected chi connectivity index (χ3v) is 2.51. The van der Waals surface area contributed by atoms with E-state index in [9.17, 15) is 4.79 Å². The van der Waals surface area contributed by atoms with Gasteiger partial charge in [0.15, 0.2) is 0 Å². The van der Waals surface area contributed by atoms with E-state index in [4.69, 9.17) is 10.8 Å². The number of rotatable bonds is 6. The number of carbonyl (C=O) groups is 1. The highest BCUT2D eigenvalue weighted by Crippen LogP contribution is 2.05. The van der Waals surface area contributed by atoms with E-state index >= 15 is 0 Å². The van der Waals surface area contributed by atoms with Crippen LogP contribution in [-0.2, 0) is 4.79 Å². The van der Waals surface area contributed by atoms with Gasteiger partial charge in [-0.05, 0) is 19.3 Å². The van der Waals surface area contributed by atoms with Crippen molar-refractivity contribution >= 4 is 18.3 Å². The molecule has 15 heavy (non-hydrogen) atoms. The van der Waals surface area contributed by atoms with E-state index in [1.807, 2.05) is 20.8 Å². The number of aliphatic hydroxyl groups excluding tert-OH is 1. The summed E-state index contributed by atoms with van der Waals surface area (Å²) in [7, 11) is 0. The van der Waals surface area contributed by atoms with Gasteiger partial charge in [0, 0.05) is 12.6 Å². The Balaban J connectivity index is 0. The molecular weight excluding hydrogens is 216 g/mol. The SMILES string of the molecule is CCC(C)C(N)C(=O)NC(C)CCO.Cl. The Kier molecular flexibility index (Phi) is 10.2. The molecule has 0 aliphatic rings. The minimum atomic E-state index is -0.443. The van der Waals surface area contributed by atoms with Gasteiger partial charge in [-0.25, -0.2) is 0 Å². The molecule has 4 nitrogen and oxygen atoms in total.